The lowest BCUT2D eigenvalue weighted by molar-refractivity contribution is 0.0592. The molecular weight excluding hydrogens is 624 g/mol. The van der Waals surface area contributed by atoms with Gasteiger partial charge in [-0.3, -0.25) is 29.0 Å². The number of hydrogen-bond donors (Lipinski definition) is 0. The van der Waals surface area contributed by atoms with Crippen LogP contribution in [-0.4, -0.2) is 46.5 Å². The van der Waals surface area contributed by atoms with Gasteiger partial charge in [-0.05, 0) is 47.9 Å². The van der Waals surface area contributed by atoms with Gasteiger partial charge in [0.25, 0.3) is 23.6 Å². The second-order valence-electron chi connectivity index (χ2n) is 13.8. The molecule has 0 atom stereocenters. The first-order valence-electron chi connectivity index (χ1n) is 18.2. The first-order chi connectivity index (χ1) is 24.4. The number of nitrogens with zero attached hydrogens (tertiary/aromatic N) is 4. The number of amides is 4. The molecule has 0 N–H and O–H groups in total. The Morgan fingerprint density at radius 3 is 1.20 bits per heavy atom. The summed E-state index contributed by atoms with van der Waals surface area (Å²) in [6, 6.07) is 14.8. The zero-order chi connectivity index (χ0) is 35.1. The number of benzene rings is 5. The van der Waals surface area contributed by atoms with Crippen LogP contribution < -0.4 is 0 Å². The number of imide groups is 2. The molecule has 0 saturated carbocycles. The zero-order valence-electron chi connectivity index (χ0n) is 28.8. The number of fused-ring (bicyclic) bond motifs is 2. The summed E-state index contributed by atoms with van der Waals surface area (Å²) in [5.41, 5.74) is 1.77. The van der Waals surface area contributed by atoms with Gasteiger partial charge < -0.3 is 0 Å². The largest absolute Gasteiger partial charge is 0.274 e. The normalized spacial score (nSPS) is 14.2. The first kappa shape index (κ1) is 33.2. The molecule has 8 heteroatoms. The van der Waals surface area contributed by atoms with Gasteiger partial charge in [0.2, 0.25) is 0 Å². The van der Waals surface area contributed by atoms with Crippen molar-refractivity contribution in [1.29, 1.82) is 10.5 Å². The van der Waals surface area contributed by atoms with E-state index in [0.29, 0.717) is 91.3 Å². The molecule has 0 aromatic heterocycles. The molecular formula is C42H40N4O4. The summed E-state index contributed by atoms with van der Waals surface area (Å²) in [5.74, 6) is -1.57. The van der Waals surface area contributed by atoms with Crippen molar-refractivity contribution >= 4 is 66.7 Å². The van der Waals surface area contributed by atoms with E-state index >= 15 is 0 Å². The minimum absolute atomic E-state index is 0.203. The van der Waals surface area contributed by atoms with Gasteiger partial charge in [-0.15, -0.1) is 0 Å². The molecule has 0 radical (unpaired) electrons. The summed E-state index contributed by atoms with van der Waals surface area (Å²) in [6.45, 7) is 4.93. The minimum atomic E-state index is -0.422. The van der Waals surface area contributed by atoms with Gasteiger partial charge in [0.1, 0.15) is 0 Å². The van der Waals surface area contributed by atoms with Crippen LogP contribution in [-0.2, 0) is 0 Å². The Bertz CT molecular complexity index is 2160. The highest BCUT2D eigenvalue weighted by atomic mass is 16.2. The van der Waals surface area contributed by atoms with Crippen LogP contribution in [0.2, 0.25) is 0 Å². The van der Waals surface area contributed by atoms with Crippen molar-refractivity contribution in [3.63, 3.8) is 0 Å². The van der Waals surface area contributed by atoms with E-state index in [1.807, 2.05) is 12.1 Å². The molecule has 2 aliphatic rings. The molecule has 2 aliphatic heterocycles. The molecule has 0 spiro atoms. The van der Waals surface area contributed by atoms with Gasteiger partial charge in [-0.25, -0.2) is 0 Å². The molecule has 0 unspecified atom stereocenters. The fourth-order valence-electron chi connectivity index (χ4n) is 8.24. The molecule has 0 saturated heterocycles. The monoisotopic (exact) mass is 664 g/mol. The quantitative estimate of drug-likeness (QED) is 0.0504. The lowest BCUT2D eigenvalue weighted by Gasteiger charge is -2.30. The molecule has 252 valence electrons. The summed E-state index contributed by atoms with van der Waals surface area (Å²) in [4.78, 5) is 58.4. The van der Waals surface area contributed by atoms with E-state index in [0.717, 1.165) is 64.2 Å². The standard InChI is InChI=1S/C42H40N4O4/c1-3-5-7-9-11-13-19-45-39(47)29-17-15-27-28-16-18-30-36-32(42(50)46(40(30)48)20-14-12-10-8-6-4-2)22-26(24-44)34(38(28)36)33-25(23-43)21-31(41(45)49)35(29)37(27)33/h15-18,21-22H,3-14,19-20H2,1-2H3. The van der Waals surface area contributed by atoms with E-state index < -0.39 is 11.8 Å². The van der Waals surface area contributed by atoms with Gasteiger partial charge in [0, 0.05) is 56.5 Å². The number of unbranched alkanes of at least 4 members (excludes halogenated alkanes) is 10. The van der Waals surface area contributed by atoms with Crippen LogP contribution in [0.15, 0.2) is 36.4 Å². The van der Waals surface area contributed by atoms with Gasteiger partial charge in [0.15, 0.2) is 0 Å². The average Bonchev–Trinajstić information content (AvgIpc) is 3.13. The molecule has 5 aromatic rings. The highest BCUT2D eigenvalue weighted by Gasteiger charge is 2.38. The summed E-state index contributed by atoms with van der Waals surface area (Å²) < 4.78 is 0. The fraction of sp³-hybridized carbons (Fsp3) is 0.381. The van der Waals surface area contributed by atoms with Crippen molar-refractivity contribution in [1.82, 2.24) is 9.80 Å². The van der Waals surface area contributed by atoms with Crippen molar-refractivity contribution in [3.05, 3.63) is 69.8 Å². The Morgan fingerprint density at radius 1 is 0.460 bits per heavy atom. The molecule has 8 nitrogen and oxygen atoms in total. The Labute approximate surface area is 291 Å². The van der Waals surface area contributed by atoms with Crippen LogP contribution in [0.25, 0.3) is 43.1 Å². The van der Waals surface area contributed by atoms with E-state index in [1.165, 1.54) is 9.80 Å². The second kappa shape index (κ2) is 13.5. The Hall–Kier alpha value is -5.34. The molecule has 4 amide bonds. The van der Waals surface area contributed by atoms with Crippen LogP contribution in [0.1, 0.15) is 143 Å². The number of carbonyl (C=O) groups excluding carboxylic acids is 4. The Morgan fingerprint density at radius 2 is 0.820 bits per heavy atom. The van der Waals surface area contributed by atoms with E-state index in [1.54, 1.807) is 24.3 Å². The molecule has 0 bridgehead atoms. The summed E-state index contributed by atoms with van der Waals surface area (Å²) >= 11 is 0. The molecule has 0 fully saturated rings. The first-order valence-corrected chi connectivity index (χ1v) is 18.2. The number of rotatable bonds is 14. The van der Waals surface area contributed by atoms with Gasteiger partial charge in [0.05, 0.1) is 34.4 Å². The topological polar surface area (TPSA) is 122 Å². The van der Waals surface area contributed by atoms with Gasteiger partial charge in [-0.2, -0.15) is 10.5 Å². The third kappa shape index (κ3) is 5.09. The van der Waals surface area contributed by atoms with Crippen LogP contribution in [0, 0.1) is 22.7 Å². The molecule has 0 aliphatic carbocycles. The number of hydrogen-bond acceptors (Lipinski definition) is 6. The Kier molecular flexibility index (Phi) is 8.97. The number of nitriles is 2. The van der Waals surface area contributed by atoms with Crippen molar-refractivity contribution < 1.29 is 19.2 Å². The summed E-state index contributed by atoms with van der Waals surface area (Å²) in [5, 5.41) is 25.5. The summed E-state index contributed by atoms with van der Waals surface area (Å²) in [6.07, 6.45) is 12.2. The van der Waals surface area contributed by atoms with Gasteiger partial charge in [-0.1, -0.05) is 90.2 Å². The molecule has 2 heterocycles. The number of carbonyl (C=O) groups is 4. The zero-order valence-corrected chi connectivity index (χ0v) is 28.8. The maximum absolute atomic E-state index is 14.0. The molecule has 5 aromatic carbocycles. The third-order valence-electron chi connectivity index (χ3n) is 10.7. The van der Waals surface area contributed by atoms with Crippen LogP contribution >= 0.6 is 0 Å². The predicted octanol–water partition coefficient (Wildman–Crippen LogP) is 9.39. The third-order valence-corrected chi connectivity index (χ3v) is 10.7. The van der Waals surface area contributed by atoms with E-state index in [4.69, 9.17) is 0 Å². The maximum Gasteiger partial charge on any atom is 0.261 e. The van der Waals surface area contributed by atoms with Gasteiger partial charge >= 0.3 is 0 Å². The lowest BCUT2D eigenvalue weighted by Crippen LogP contribution is -2.41. The fourth-order valence-corrected chi connectivity index (χ4v) is 8.24. The molecule has 7 rings (SSSR count). The molecule has 50 heavy (non-hydrogen) atoms. The minimum Gasteiger partial charge on any atom is -0.274 e. The Balaban J connectivity index is 1.38. The SMILES string of the molecule is CCCCCCCCN1C(=O)c2ccc3c4ccc5c6c(cc(C#N)c(c7c(C#N)cc(c2c37)C1=O)c64)C(=O)N(CCCCCCCC)C5=O. The van der Waals surface area contributed by atoms with Crippen molar-refractivity contribution in [3.8, 4) is 12.1 Å². The summed E-state index contributed by atoms with van der Waals surface area (Å²) in [7, 11) is 0. The van der Waals surface area contributed by atoms with Crippen LogP contribution in [0.3, 0.4) is 0 Å². The van der Waals surface area contributed by atoms with E-state index in [9.17, 15) is 29.7 Å². The second-order valence-corrected chi connectivity index (χ2v) is 13.8. The van der Waals surface area contributed by atoms with Crippen LogP contribution in [0.5, 0.6) is 0 Å². The lowest BCUT2D eigenvalue weighted by atomic mass is 9.79. The highest BCUT2D eigenvalue weighted by molar-refractivity contribution is 6.42. The smallest absolute Gasteiger partial charge is 0.261 e. The highest BCUT2D eigenvalue weighted by Crippen LogP contribution is 2.48. The maximum atomic E-state index is 14.0. The van der Waals surface area contributed by atoms with Crippen LogP contribution in [0.4, 0.5) is 0 Å². The van der Waals surface area contributed by atoms with Crippen molar-refractivity contribution in [2.45, 2.75) is 90.9 Å². The van der Waals surface area contributed by atoms with Crippen molar-refractivity contribution in [2.75, 3.05) is 13.1 Å². The van der Waals surface area contributed by atoms with E-state index in [2.05, 4.69) is 26.0 Å². The average molecular weight is 665 g/mol. The predicted molar refractivity (Wildman–Crippen MR) is 195 cm³/mol. The van der Waals surface area contributed by atoms with E-state index in [-0.39, 0.29) is 22.9 Å². The van der Waals surface area contributed by atoms with Crippen molar-refractivity contribution in [2.24, 2.45) is 0 Å².